The van der Waals surface area contributed by atoms with E-state index in [-0.39, 0.29) is 0 Å². The van der Waals surface area contributed by atoms with Gasteiger partial charge >= 0.3 is 0 Å². The van der Waals surface area contributed by atoms with Crippen LogP contribution in [-0.2, 0) is 6.54 Å². The van der Waals surface area contributed by atoms with Crippen LogP contribution < -0.4 is 10.1 Å². The van der Waals surface area contributed by atoms with Crippen molar-refractivity contribution >= 4 is 50.5 Å². The van der Waals surface area contributed by atoms with Crippen LogP contribution in [0.25, 0.3) is 0 Å². The fourth-order valence-corrected chi connectivity index (χ4v) is 2.80. The molecule has 4 nitrogen and oxygen atoms in total. The number of benzene rings is 1. The second-order valence-electron chi connectivity index (χ2n) is 4.30. The highest BCUT2D eigenvalue weighted by Crippen LogP contribution is 2.37. The highest BCUT2D eigenvalue weighted by molar-refractivity contribution is 9.10. The number of ether oxygens (including phenoxy) is 1. The van der Waals surface area contributed by atoms with Crippen LogP contribution >= 0.6 is 50.5 Å². The lowest BCUT2D eigenvalue weighted by atomic mass is 10.3. The maximum absolute atomic E-state index is 6.09. The molecule has 0 aliphatic heterocycles. The molecule has 1 N–H and O–H groups in total. The van der Waals surface area contributed by atoms with E-state index in [2.05, 4.69) is 45.3 Å². The average molecular weight is 397 g/mol. The zero-order valence-electron chi connectivity index (χ0n) is 10.8. The summed E-state index contributed by atoms with van der Waals surface area (Å²) in [5.41, 5.74) is 0. The van der Waals surface area contributed by atoms with E-state index in [9.17, 15) is 0 Å². The average Bonchev–Trinajstić information content (AvgIpc) is 2.81. The van der Waals surface area contributed by atoms with Crippen molar-refractivity contribution in [3.8, 4) is 10.9 Å². The third kappa shape index (κ3) is 4.30. The molecule has 0 atom stereocenters. The Labute approximate surface area is 139 Å². The molecule has 0 radical (unpaired) electrons. The van der Waals surface area contributed by atoms with Gasteiger partial charge in [-0.1, -0.05) is 53.5 Å². The molecule has 0 amide bonds. The van der Waals surface area contributed by atoms with Gasteiger partial charge in [0.15, 0.2) is 5.75 Å². The number of nitrogens with zero attached hydrogens (tertiary/aromatic N) is 2. The summed E-state index contributed by atoms with van der Waals surface area (Å²) in [5, 5.41) is 13.6. The largest absolute Gasteiger partial charge is 0.428 e. The van der Waals surface area contributed by atoms with Gasteiger partial charge in [-0.3, -0.25) is 0 Å². The molecule has 0 bridgehead atoms. The molecule has 0 saturated heterocycles. The summed E-state index contributed by atoms with van der Waals surface area (Å²) in [5.74, 6) is 0.458. The predicted molar refractivity (Wildman–Crippen MR) is 86.1 cm³/mol. The Kier molecular flexibility index (Phi) is 5.63. The van der Waals surface area contributed by atoms with E-state index in [1.807, 2.05) is 0 Å². The van der Waals surface area contributed by atoms with Gasteiger partial charge in [0.1, 0.15) is 5.01 Å². The lowest BCUT2D eigenvalue weighted by molar-refractivity contribution is 0.473. The first-order valence-corrected chi connectivity index (χ1v) is 8.20. The monoisotopic (exact) mass is 395 g/mol. The zero-order chi connectivity index (χ0) is 14.7. The minimum Gasteiger partial charge on any atom is -0.428 e. The van der Waals surface area contributed by atoms with Gasteiger partial charge in [0.05, 0.1) is 16.6 Å². The van der Waals surface area contributed by atoms with E-state index in [4.69, 9.17) is 27.9 Å². The van der Waals surface area contributed by atoms with Crippen molar-refractivity contribution in [1.82, 2.24) is 15.5 Å². The van der Waals surface area contributed by atoms with Gasteiger partial charge in [0.25, 0.3) is 5.19 Å². The molecule has 0 aliphatic rings. The Morgan fingerprint density at radius 2 is 2.05 bits per heavy atom. The summed E-state index contributed by atoms with van der Waals surface area (Å²) in [4.78, 5) is 0. The first kappa shape index (κ1) is 16.0. The molecule has 108 valence electrons. The molecule has 0 fully saturated rings. The van der Waals surface area contributed by atoms with E-state index < -0.39 is 0 Å². The summed E-state index contributed by atoms with van der Waals surface area (Å²) >= 11 is 16.8. The maximum atomic E-state index is 6.09. The maximum Gasteiger partial charge on any atom is 0.299 e. The molecule has 0 unspecified atom stereocenters. The fraction of sp³-hybridized carbons (Fsp3) is 0.333. The second kappa shape index (κ2) is 7.04. The minimum absolute atomic E-state index is 0.392. The SMILES string of the molecule is CC(C)NCc1nnc(Oc2cc(Cl)c(Br)cc2Cl)s1. The quantitative estimate of drug-likeness (QED) is 0.730. The standard InChI is InChI=1S/C12H12BrCl2N3OS/c1-6(2)16-5-11-17-18-12(20-11)19-10-4-8(14)7(13)3-9(10)15/h3-4,6,16H,5H2,1-2H3. The molecule has 1 aromatic heterocycles. The lowest BCUT2D eigenvalue weighted by Gasteiger charge is -2.05. The third-order valence-electron chi connectivity index (χ3n) is 2.28. The number of hydrogen-bond acceptors (Lipinski definition) is 5. The topological polar surface area (TPSA) is 47.0 Å². The van der Waals surface area contributed by atoms with Crippen molar-refractivity contribution < 1.29 is 4.74 Å². The van der Waals surface area contributed by atoms with Crippen molar-refractivity contribution in [3.05, 3.63) is 31.7 Å². The van der Waals surface area contributed by atoms with Crippen LogP contribution in [0.5, 0.6) is 10.9 Å². The van der Waals surface area contributed by atoms with Crippen LogP contribution in [0.3, 0.4) is 0 Å². The fourth-order valence-electron chi connectivity index (χ4n) is 1.32. The van der Waals surface area contributed by atoms with Gasteiger partial charge in [-0.2, -0.15) is 0 Å². The molecule has 20 heavy (non-hydrogen) atoms. The zero-order valence-corrected chi connectivity index (χ0v) is 14.7. The molecule has 1 heterocycles. The predicted octanol–water partition coefficient (Wildman–Crippen LogP) is 4.90. The molecular formula is C12H12BrCl2N3OS. The second-order valence-corrected chi connectivity index (χ2v) is 6.99. The van der Waals surface area contributed by atoms with Crippen LogP contribution in [0.2, 0.25) is 10.0 Å². The Morgan fingerprint density at radius 3 is 2.75 bits per heavy atom. The summed E-state index contributed by atoms with van der Waals surface area (Å²) in [7, 11) is 0. The van der Waals surface area contributed by atoms with Crippen molar-refractivity contribution in [2.45, 2.75) is 26.4 Å². The summed E-state index contributed by atoms with van der Waals surface area (Å²) in [6.45, 7) is 4.80. The Balaban J connectivity index is 2.09. The Morgan fingerprint density at radius 1 is 1.30 bits per heavy atom. The van der Waals surface area contributed by atoms with E-state index in [0.29, 0.717) is 33.6 Å². The minimum atomic E-state index is 0.392. The molecule has 0 spiro atoms. The third-order valence-corrected chi connectivity index (χ3v) is 4.58. The molecule has 8 heteroatoms. The van der Waals surface area contributed by atoms with Crippen molar-refractivity contribution in [1.29, 1.82) is 0 Å². The van der Waals surface area contributed by atoms with Gasteiger partial charge in [-0.15, -0.1) is 5.10 Å². The molecule has 2 aromatic rings. The normalized spacial score (nSPS) is 11.1. The number of halogens is 3. The van der Waals surface area contributed by atoms with Gasteiger partial charge in [-0.05, 0) is 22.0 Å². The van der Waals surface area contributed by atoms with E-state index in [1.54, 1.807) is 12.1 Å². The van der Waals surface area contributed by atoms with Crippen LogP contribution in [-0.4, -0.2) is 16.2 Å². The molecule has 0 saturated carbocycles. The number of aromatic nitrogens is 2. The van der Waals surface area contributed by atoms with Gasteiger partial charge in [0, 0.05) is 16.6 Å². The van der Waals surface area contributed by atoms with E-state index >= 15 is 0 Å². The van der Waals surface area contributed by atoms with Crippen LogP contribution in [0.4, 0.5) is 0 Å². The smallest absolute Gasteiger partial charge is 0.299 e. The molecular weight excluding hydrogens is 385 g/mol. The molecule has 0 aliphatic carbocycles. The van der Waals surface area contributed by atoms with Crippen LogP contribution in [0.1, 0.15) is 18.9 Å². The number of hydrogen-bond donors (Lipinski definition) is 1. The van der Waals surface area contributed by atoms with Gasteiger partial charge < -0.3 is 10.1 Å². The van der Waals surface area contributed by atoms with Crippen molar-refractivity contribution in [2.75, 3.05) is 0 Å². The Hall–Kier alpha value is -0.400. The summed E-state index contributed by atoms with van der Waals surface area (Å²) in [6, 6.07) is 3.71. The van der Waals surface area contributed by atoms with Crippen LogP contribution in [0, 0.1) is 0 Å². The lowest BCUT2D eigenvalue weighted by Crippen LogP contribution is -2.21. The van der Waals surface area contributed by atoms with Crippen molar-refractivity contribution in [2.24, 2.45) is 0 Å². The van der Waals surface area contributed by atoms with Crippen molar-refractivity contribution in [3.63, 3.8) is 0 Å². The Bertz CT molecular complexity index is 606. The first-order chi connectivity index (χ1) is 9.45. The highest BCUT2D eigenvalue weighted by Gasteiger charge is 2.11. The number of nitrogens with one attached hydrogen (secondary N) is 1. The highest BCUT2D eigenvalue weighted by atomic mass is 79.9. The summed E-state index contributed by atoms with van der Waals surface area (Å²) < 4.78 is 6.33. The van der Waals surface area contributed by atoms with E-state index in [0.717, 1.165) is 9.48 Å². The van der Waals surface area contributed by atoms with Gasteiger partial charge in [0.2, 0.25) is 0 Å². The molecule has 1 aromatic carbocycles. The first-order valence-electron chi connectivity index (χ1n) is 5.84. The molecule has 2 rings (SSSR count). The van der Waals surface area contributed by atoms with Gasteiger partial charge in [-0.25, -0.2) is 0 Å². The number of rotatable bonds is 5. The summed E-state index contributed by atoms with van der Waals surface area (Å²) in [6.07, 6.45) is 0. The van der Waals surface area contributed by atoms with E-state index in [1.165, 1.54) is 11.3 Å². The van der Waals surface area contributed by atoms with Crippen LogP contribution in [0.15, 0.2) is 16.6 Å².